The van der Waals surface area contributed by atoms with E-state index in [1.54, 1.807) is 40.5 Å². The lowest BCUT2D eigenvalue weighted by Gasteiger charge is -2.35. The molecule has 378 valence electrons. The molecule has 2 N–H and O–H groups in total. The number of unbranched alkanes of at least 4 members (excludes halogenated alkanes) is 1. The van der Waals surface area contributed by atoms with E-state index in [0.29, 0.717) is 67.4 Å². The predicted molar refractivity (Wildman–Crippen MR) is 268 cm³/mol. The number of nitriles is 1. The van der Waals surface area contributed by atoms with Crippen LogP contribution in [0.1, 0.15) is 82.7 Å². The Morgan fingerprint density at radius 3 is 2.29 bits per heavy atom. The van der Waals surface area contributed by atoms with Crippen molar-refractivity contribution < 1.29 is 46.2 Å². The molecule has 4 amide bonds. The minimum absolute atomic E-state index is 0.236. The minimum Gasteiger partial charge on any atom is -0.494 e. The van der Waals surface area contributed by atoms with Crippen LogP contribution in [0.25, 0.3) is 21.7 Å². The molecule has 2 aliphatic heterocycles. The smallest absolute Gasteiger partial charge is 0.420 e. The SMILES string of the molecule is Cc1ncsc1-c1ccc(CNC(=O)C2CCCN2C(=O)[C@@H](NC(=O)COCCCCOc2ccc(-c3ccc(N4C(=S)N(c5ccc(C#N)c(C(F)(F)F)c5F)C(=O)C4(C)C)cn3)cc2)C(C)(C)C)cc1. The first-order valence-electron chi connectivity index (χ1n) is 23.2. The average Bonchev–Trinajstić information content (AvgIpc) is 4.05. The van der Waals surface area contributed by atoms with E-state index in [0.717, 1.165) is 39.4 Å². The van der Waals surface area contributed by atoms with Crippen molar-refractivity contribution in [1.82, 2.24) is 25.5 Å². The van der Waals surface area contributed by atoms with Gasteiger partial charge in [0.05, 0.1) is 57.6 Å². The molecular formula is C52H54F4N8O6S2. The van der Waals surface area contributed by atoms with Crippen molar-refractivity contribution in [2.24, 2.45) is 5.41 Å². The molecule has 0 radical (unpaired) electrons. The molecule has 0 spiro atoms. The Balaban J connectivity index is 0.840. The van der Waals surface area contributed by atoms with Crippen molar-refractivity contribution in [3.05, 3.63) is 113 Å². The number of aromatic nitrogens is 2. The lowest BCUT2D eigenvalue weighted by molar-refractivity contribution is -0.144. The van der Waals surface area contributed by atoms with Crippen LogP contribution in [-0.2, 0) is 36.6 Å². The number of aryl methyl sites for hydroxylation is 1. The van der Waals surface area contributed by atoms with Gasteiger partial charge in [-0.1, -0.05) is 45.0 Å². The van der Waals surface area contributed by atoms with E-state index >= 15 is 4.39 Å². The molecule has 0 saturated carbocycles. The van der Waals surface area contributed by atoms with Gasteiger partial charge in [0.1, 0.15) is 35.5 Å². The highest BCUT2D eigenvalue weighted by molar-refractivity contribution is 7.81. The number of hydrogen-bond acceptors (Lipinski definition) is 11. The van der Waals surface area contributed by atoms with Crippen molar-refractivity contribution in [2.75, 3.05) is 36.2 Å². The Kier molecular flexibility index (Phi) is 16.1. The van der Waals surface area contributed by atoms with Crippen LogP contribution in [0.15, 0.2) is 84.5 Å². The fourth-order valence-corrected chi connectivity index (χ4v) is 9.93. The van der Waals surface area contributed by atoms with Crippen LogP contribution < -0.4 is 25.2 Å². The summed E-state index contributed by atoms with van der Waals surface area (Å²) in [6.45, 7) is 11.7. The number of benzene rings is 3. The molecule has 1 unspecified atom stereocenters. The van der Waals surface area contributed by atoms with Gasteiger partial charge in [-0.3, -0.25) is 29.1 Å². The van der Waals surface area contributed by atoms with Crippen molar-refractivity contribution in [1.29, 1.82) is 5.26 Å². The van der Waals surface area contributed by atoms with E-state index in [4.69, 9.17) is 21.7 Å². The second-order valence-corrected chi connectivity index (χ2v) is 20.2. The first-order valence-corrected chi connectivity index (χ1v) is 24.5. The number of ether oxygens (including phenoxy) is 2. The summed E-state index contributed by atoms with van der Waals surface area (Å²) in [6, 6.07) is 20.0. The Morgan fingerprint density at radius 2 is 1.67 bits per heavy atom. The van der Waals surface area contributed by atoms with E-state index in [-0.39, 0.29) is 30.1 Å². The average molecular weight is 1030 g/mol. The quantitative estimate of drug-likeness (QED) is 0.0518. The summed E-state index contributed by atoms with van der Waals surface area (Å²) in [4.78, 5) is 67.6. The number of halogens is 4. The zero-order chi connectivity index (χ0) is 52.1. The van der Waals surface area contributed by atoms with Gasteiger partial charge >= 0.3 is 6.18 Å². The van der Waals surface area contributed by atoms with Crippen LogP contribution in [0, 0.1) is 29.5 Å². The summed E-state index contributed by atoms with van der Waals surface area (Å²) >= 11 is 7.12. The van der Waals surface area contributed by atoms with Crippen molar-refractivity contribution >= 4 is 63.7 Å². The number of nitrogens with one attached hydrogen (secondary N) is 2. The minimum atomic E-state index is -5.19. The van der Waals surface area contributed by atoms with E-state index in [2.05, 4.69) is 20.6 Å². The monoisotopic (exact) mass is 1030 g/mol. The topological polar surface area (TPSA) is 170 Å². The molecule has 2 saturated heterocycles. The van der Waals surface area contributed by atoms with Crippen molar-refractivity contribution in [3.63, 3.8) is 0 Å². The normalized spacial score (nSPS) is 16.2. The molecule has 2 aliphatic rings. The van der Waals surface area contributed by atoms with E-state index in [9.17, 15) is 37.6 Å². The Hall–Kier alpha value is -6.82. The number of carbonyl (C=O) groups is 4. The molecule has 2 aromatic heterocycles. The van der Waals surface area contributed by atoms with Gasteiger partial charge in [-0.2, -0.15) is 18.4 Å². The van der Waals surface area contributed by atoms with E-state index in [1.807, 2.05) is 69.6 Å². The van der Waals surface area contributed by atoms with E-state index in [1.165, 1.54) is 31.0 Å². The third-order valence-electron chi connectivity index (χ3n) is 12.5. The summed E-state index contributed by atoms with van der Waals surface area (Å²) in [7, 11) is 0. The molecule has 0 bridgehead atoms. The standard InChI is InChI=1S/C52H54F4N8O6S2/c1-31-44(72-30-60-31)34-13-11-32(12-14-34)27-59-46(66)40-10-9-23-62(40)47(67)45(50(2,3)4)61-41(65)29-69-24-7-8-25-70-37-19-15-33(16-20-37)38-21-18-36(28-58-38)64-49(71)63(48(68)51(64,5)6)39-22-17-35(26-57)42(43(39)53)52(54,55)56/h11-22,28,30,40,45H,7-10,23-25,27,29H2,1-6H3,(H,59,66)(H,61,65)/t40?,45-/m1/s1. The zero-order valence-electron chi connectivity index (χ0n) is 40.6. The molecular weight excluding hydrogens is 973 g/mol. The zero-order valence-corrected chi connectivity index (χ0v) is 42.2. The highest BCUT2D eigenvalue weighted by atomic mass is 32.1. The maximum absolute atomic E-state index is 15.4. The number of rotatable bonds is 17. The van der Waals surface area contributed by atoms with Gasteiger partial charge in [-0.05, 0) is 124 Å². The lowest BCUT2D eigenvalue weighted by Crippen LogP contribution is -2.58. The predicted octanol–water partition coefficient (Wildman–Crippen LogP) is 9.14. The van der Waals surface area contributed by atoms with Crippen LogP contribution in [0.5, 0.6) is 5.75 Å². The van der Waals surface area contributed by atoms with Crippen molar-refractivity contribution in [2.45, 2.75) is 97.6 Å². The van der Waals surface area contributed by atoms with Crippen molar-refractivity contribution in [3.8, 4) is 33.5 Å². The largest absolute Gasteiger partial charge is 0.494 e. The summed E-state index contributed by atoms with van der Waals surface area (Å²) in [5, 5.41) is 14.8. The maximum atomic E-state index is 15.4. The second-order valence-electron chi connectivity index (χ2n) is 19.0. The number of amides is 4. The fraction of sp³-hybridized carbons (Fsp3) is 0.385. The number of thiazole rings is 1. The number of thiocarbonyl (C=S) groups is 1. The van der Waals surface area contributed by atoms with Gasteiger partial charge in [0, 0.05) is 25.3 Å². The number of carbonyl (C=O) groups excluding carboxylic acids is 4. The van der Waals surface area contributed by atoms with Gasteiger partial charge < -0.3 is 29.9 Å². The second kappa shape index (κ2) is 21.9. The van der Waals surface area contributed by atoms with Crippen LogP contribution in [-0.4, -0.2) is 87.6 Å². The van der Waals surface area contributed by atoms with E-state index < -0.39 is 63.7 Å². The van der Waals surface area contributed by atoms with Crippen LogP contribution >= 0.6 is 23.6 Å². The molecule has 2 fully saturated rings. The van der Waals surface area contributed by atoms with Gasteiger partial charge in [0.15, 0.2) is 10.9 Å². The number of hydrogen-bond donors (Lipinski definition) is 2. The summed E-state index contributed by atoms with van der Waals surface area (Å²) in [5.74, 6) is -2.93. The van der Waals surface area contributed by atoms with Gasteiger partial charge in [0.25, 0.3) is 5.91 Å². The lowest BCUT2D eigenvalue weighted by atomic mass is 9.85. The Morgan fingerprint density at radius 1 is 0.972 bits per heavy atom. The molecule has 14 nitrogen and oxygen atoms in total. The number of pyridine rings is 1. The molecule has 3 aromatic carbocycles. The molecule has 4 heterocycles. The number of nitrogens with zero attached hydrogens (tertiary/aromatic N) is 6. The fourth-order valence-electron chi connectivity index (χ4n) is 8.60. The molecule has 72 heavy (non-hydrogen) atoms. The third-order valence-corrected chi connectivity index (χ3v) is 13.8. The van der Waals surface area contributed by atoms with Crippen LogP contribution in [0.4, 0.5) is 28.9 Å². The van der Waals surface area contributed by atoms with Gasteiger partial charge in [-0.15, -0.1) is 11.3 Å². The highest BCUT2D eigenvalue weighted by Crippen LogP contribution is 2.42. The maximum Gasteiger partial charge on any atom is 0.420 e. The number of anilines is 2. The summed E-state index contributed by atoms with van der Waals surface area (Å²) in [6.07, 6.45) is -1.32. The Labute approximate surface area is 424 Å². The molecule has 7 rings (SSSR count). The number of likely N-dealkylation sites (tertiary alicyclic amines) is 1. The number of alkyl halides is 3. The third kappa shape index (κ3) is 11.6. The first kappa shape index (κ1) is 53.0. The Bertz CT molecular complexity index is 2860. The van der Waals surface area contributed by atoms with Gasteiger partial charge in [-0.25, -0.2) is 9.37 Å². The van der Waals surface area contributed by atoms with Gasteiger partial charge in [0.2, 0.25) is 17.7 Å². The summed E-state index contributed by atoms with van der Waals surface area (Å²) < 4.78 is 68.3. The summed E-state index contributed by atoms with van der Waals surface area (Å²) in [5.41, 5.74) is 0.917. The first-order chi connectivity index (χ1) is 34.1. The molecule has 2 atom stereocenters. The molecule has 0 aliphatic carbocycles. The van der Waals surface area contributed by atoms with Crippen LogP contribution in [0.3, 0.4) is 0 Å². The molecule has 5 aromatic rings. The highest BCUT2D eigenvalue weighted by Gasteiger charge is 2.52. The molecule has 20 heteroatoms. The van der Waals surface area contributed by atoms with Crippen LogP contribution in [0.2, 0.25) is 0 Å².